The smallest absolute Gasteiger partial charge is 0.290 e. The lowest BCUT2D eigenvalue weighted by molar-refractivity contribution is 0.104. The SMILES string of the molecule is COc1ccccc1-c1cc(C(=O)Cl)on1. The Morgan fingerprint density at radius 1 is 1.44 bits per heavy atom. The van der Waals surface area contributed by atoms with Crippen LogP contribution in [-0.2, 0) is 0 Å². The molecule has 0 bridgehead atoms. The molecular formula is C11H8ClNO3. The van der Waals surface area contributed by atoms with Gasteiger partial charge in [0.15, 0.2) is 0 Å². The molecule has 1 aromatic carbocycles. The minimum atomic E-state index is -0.673. The van der Waals surface area contributed by atoms with Gasteiger partial charge in [0.25, 0.3) is 5.24 Å². The summed E-state index contributed by atoms with van der Waals surface area (Å²) in [4.78, 5) is 10.8. The van der Waals surface area contributed by atoms with E-state index in [4.69, 9.17) is 20.9 Å². The van der Waals surface area contributed by atoms with Crippen molar-refractivity contribution < 1.29 is 14.1 Å². The van der Waals surface area contributed by atoms with Gasteiger partial charge < -0.3 is 9.26 Å². The Labute approximate surface area is 96.8 Å². The maximum absolute atomic E-state index is 10.8. The van der Waals surface area contributed by atoms with E-state index in [9.17, 15) is 4.79 Å². The summed E-state index contributed by atoms with van der Waals surface area (Å²) in [5, 5.41) is 3.08. The topological polar surface area (TPSA) is 52.3 Å². The lowest BCUT2D eigenvalue weighted by Crippen LogP contribution is -1.87. The molecule has 0 saturated heterocycles. The number of para-hydroxylation sites is 1. The molecule has 82 valence electrons. The first-order valence-corrected chi connectivity index (χ1v) is 4.90. The molecule has 16 heavy (non-hydrogen) atoms. The normalized spacial score (nSPS) is 10.1. The zero-order valence-corrected chi connectivity index (χ0v) is 9.19. The number of carbonyl (C=O) groups excluding carboxylic acids is 1. The predicted octanol–water partition coefficient (Wildman–Crippen LogP) is 2.73. The second-order valence-corrected chi connectivity index (χ2v) is 3.39. The molecule has 4 nitrogen and oxygen atoms in total. The summed E-state index contributed by atoms with van der Waals surface area (Å²) in [6.45, 7) is 0. The molecule has 2 aromatic rings. The Morgan fingerprint density at radius 3 is 2.81 bits per heavy atom. The van der Waals surface area contributed by atoms with Crippen LogP contribution in [-0.4, -0.2) is 17.5 Å². The van der Waals surface area contributed by atoms with Gasteiger partial charge in [0.05, 0.1) is 7.11 Å². The maximum atomic E-state index is 10.8. The number of nitrogens with zero attached hydrogens (tertiary/aromatic N) is 1. The molecule has 0 saturated carbocycles. The van der Waals surface area contributed by atoms with Gasteiger partial charge in [-0.15, -0.1) is 0 Å². The highest BCUT2D eigenvalue weighted by Gasteiger charge is 2.14. The third kappa shape index (κ3) is 1.92. The van der Waals surface area contributed by atoms with E-state index in [0.29, 0.717) is 11.4 Å². The van der Waals surface area contributed by atoms with E-state index in [1.165, 1.54) is 6.07 Å². The molecule has 0 amide bonds. The van der Waals surface area contributed by atoms with Gasteiger partial charge >= 0.3 is 0 Å². The van der Waals surface area contributed by atoms with Crippen LogP contribution in [0.25, 0.3) is 11.3 Å². The molecule has 0 N–H and O–H groups in total. The second-order valence-electron chi connectivity index (χ2n) is 3.05. The van der Waals surface area contributed by atoms with Crippen molar-refractivity contribution >= 4 is 16.8 Å². The van der Waals surface area contributed by atoms with Crippen molar-refractivity contribution in [2.45, 2.75) is 0 Å². The summed E-state index contributed by atoms with van der Waals surface area (Å²) in [6.07, 6.45) is 0. The van der Waals surface area contributed by atoms with Gasteiger partial charge in [0.2, 0.25) is 5.76 Å². The first-order chi connectivity index (χ1) is 7.72. The Kier molecular flexibility index (Phi) is 2.92. The maximum Gasteiger partial charge on any atom is 0.290 e. The van der Waals surface area contributed by atoms with Crippen LogP contribution in [0.3, 0.4) is 0 Å². The summed E-state index contributed by atoms with van der Waals surface area (Å²) in [7, 11) is 1.56. The fraction of sp³-hybridized carbons (Fsp3) is 0.0909. The third-order valence-electron chi connectivity index (χ3n) is 2.09. The molecule has 0 atom stereocenters. The predicted molar refractivity (Wildman–Crippen MR) is 58.7 cm³/mol. The van der Waals surface area contributed by atoms with Crippen LogP contribution in [0.2, 0.25) is 0 Å². The zero-order chi connectivity index (χ0) is 11.5. The van der Waals surface area contributed by atoms with Crippen molar-refractivity contribution in [2.75, 3.05) is 7.11 Å². The van der Waals surface area contributed by atoms with Crippen LogP contribution in [0.1, 0.15) is 10.6 Å². The van der Waals surface area contributed by atoms with Crippen LogP contribution < -0.4 is 4.74 Å². The Bertz CT molecular complexity index is 521. The average molecular weight is 238 g/mol. The zero-order valence-electron chi connectivity index (χ0n) is 8.44. The number of carbonyl (C=O) groups is 1. The summed E-state index contributed by atoms with van der Waals surface area (Å²) in [5.41, 5.74) is 1.26. The van der Waals surface area contributed by atoms with Gasteiger partial charge in [-0.25, -0.2) is 0 Å². The number of hydrogen-bond acceptors (Lipinski definition) is 4. The molecule has 0 aliphatic heterocycles. The van der Waals surface area contributed by atoms with E-state index in [2.05, 4.69) is 5.16 Å². The Balaban J connectivity index is 2.46. The highest BCUT2D eigenvalue weighted by molar-refractivity contribution is 6.67. The lowest BCUT2D eigenvalue weighted by Gasteiger charge is -2.03. The van der Waals surface area contributed by atoms with Crippen molar-refractivity contribution in [3.8, 4) is 17.0 Å². The number of hydrogen-bond donors (Lipinski definition) is 0. The molecule has 1 aromatic heterocycles. The van der Waals surface area contributed by atoms with Crippen molar-refractivity contribution in [2.24, 2.45) is 0 Å². The third-order valence-corrected chi connectivity index (χ3v) is 2.27. The molecule has 0 fully saturated rings. The second kappa shape index (κ2) is 4.37. The molecule has 0 aliphatic carbocycles. The van der Waals surface area contributed by atoms with Crippen molar-refractivity contribution in [3.63, 3.8) is 0 Å². The molecule has 0 radical (unpaired) electrons. The number of ether oxygens (including phenoxy) is 1. The van der Waals surface area contributed by atoms with Gasteiger partial charge in [0, 0.05) is 11.6 Å². The van der Waals surface area contributed by atoms with E-state index < -0.39 is 5.24 Å². The van der Waals surface area contributed by atoms with E-state index >= 15 is 0 Å². The summed E-state index contributed by atoms with van der Waals surface area (Å²) < 4.78 is 9.96. The van der Waals surface area contributed by atoms with Gasteiger partial charge in [-0.1, -0.05) is 17.3 Å². The first kappa shape index (κ1) is 10.7. The minimum absolute atomic E-state index is 0.0163. The van der Waals surface area contributed by atoms with E-state index in [-0.39, 0.29) is 5.76 Å². The Hall–Kier alpha value is -1.81. The van der Waals surface area contributed by atoms with Gasteiger partial charge in [-0.05, 0) is 23.7 Å². The van der Waals surface area contributed by atoms with Crippen LogP contribution in [0.5, 0.6) is 5.75 Å². The van der Waals surface area contributed by atoms with Crippen molar-refractivity contribution in [1.82, 2.24) is 5.16 Å². The summed E-state index contributed by atoms with van der Waals surface area (Å²) in [6, 6.07) is 8.78. The number of halogens is 1. The molecule has 5 heteroatoms. The van der Waals surface area contributed by atoms with Crippen molar-refractivity contribution in [3.05, 3.63) is 36.1 Å². The van der Waals surface area contributed by atoms with Gasteiger partial charge in [0.1, 0.15) is 11.4 Å². The molecule has 0 spiro atoms. The summed E-state index contributed by atoms with van der Waals surface area (Å²) >= 11 is 5.27. The highest BCUT2D eigenvalue weighted by atomic mass is 35.5. The average Bonchev–Trinajstić information content (AvgIpc) is 2.78. The highest BCUT2D eigenvalue weighted by Crippen LogP contribution is 2.29. The van der Waals surface area contributed by atoms with E-state index in [1.807, 2.05) is 18.2 Å². The molecule has 0 unspecified atom stereocenters. The Morgan fingerprint density at radius 2 is 2.19 bits per heavy atom. The number of methoxy groups -OCH3 is 1. The number of rotatable bonds is 3. The van der Waals surface area contributed by atoms with Crippen molar-refractivity contribution in [1.29, 1.82) is 0 Å². The number of benzene rings is 1. The monoisotopic (exact) mass is 237 g/mol. The molecule has 2 rings (SSSR count). The largest absolute Gasteiger partial charge is 0.496 e. The van der Waals surface area contributed by atoms with E-state index in [0.717, 1.165) is 5.56 Å². The lowest BCUT2D eigenvalue weighted by atomic mass is 10.1. The van der Waals surface area contributed by atoms with Crippen LogP contribution in [0.15, 0.2) is 34.9 Å². The molecule has 1 heterocycles. The minimum Gasteiger partial charge on any atom is -0.496 e. The van der Waals surface area contributed by atoms with E-state index in [1.54, 1.807) is 13.2 Å². The van der Waals surface area contributed by atoms with Gasteiger partial charge in [-0.2, -0.15) is 0 Å². The summed E-state index contributed by atoms with van der Waals surface area (Å²) in [5.74, 6) is 0.673. The quantitative estimate of drug-likeness (QED) is 0.771. The standard InChI is InChI=1S/C11H8ClNO3/c1-15-9-5-3-2-4-7(9)8-6-10(11(12)14)16-13-8/h2-6H,1H3. The molecular weight excluding hydrogens is 230 g/mol. The molecule has 0 aliphatic rings. The number of aromatic nitrogens is 1. The van der Waals surface area contributed by atoms with Gasteiger partial charge in [-0.3, -0.25) is 4.79 Å². The fourth-order valence-electron chi connectivity index (χ4n) is 1.35. The van der Waals surface area contributed by atoms with Crippen LogP contribution in [0.4, 0.5) is 0 Å². The first-order valence-electron chi connectivity index (χ1n) is 4.52. The fourth-order valence-corrected chi connectivity index (χ4v) is 1.44. The van der Waals surface area contributed by atoms with Crippen LogP contribution in [0, 0.1) is 0 Å². The van der Waals surface area contributed by atoms with Crippen LogP contribution >= 0.6 is 11.6 Å².